The van der Waals surface area contributed by atoms with E-state index in [9.17, 15) is 14.3 Å². The molecule has 110 valence electrons. The molecule has 20 heavy (non-hydrogen) atoms. The van der Waals surface area contributed by atoms with Gasteiger partial charge in [0.2, 0.25) is 0 Å². The van der Waals surface area contributed by atoms with E-state index in [0.717, 1.165) is 32.0 Å². The zero-order valence-corrected chi connectivity index (χ0v) is 11.6. The molecule has 1 aromatic heterocycles. The van der Waals surface area contributed by atoms with Gasteiger partial charge in [0.1, 0.15) is 11.5 Å². The van der Waals surface area contributed by atoms with Gasteiger partial charge < -0.3 is 5.11 Å². The summed E-state index contributed by atoms with van der Waals surface area (Å²) in [6.45, 7) is 1.70. The number of aromatic nitrogens is 1. The third-order valence-corrected chi connectivity index (χ3v) is 3.85. The van der Waals surface area contributed by atoms with Crippen molar-refractivity contribution in [3.8, 4) is 0 Å². The van der Waals surface area contributed by atoms with Gasteiger partial charge in [0, 0.05) is 19.0 Å². The number of likely N-dealkylation sites (tertiary alicyclic amines) is 1. The second-order valence-electron chi connectivity index (χ2n) is 5.26. The van der Waals surface area contributed by atoms with E-state index in [1.165, 1.54) is 18.6 Å². The fraction of sp³-hybridized carbons (Fsp3) is 0.600. The summed E-state index contributed by atoms with van der Waals surface area (Å²) < 4.78 is 12.8. The minimum absolute atomic E-state index is 0.0778. The van der Waals surface area contributed by atoms with Crippen LogP contribution in [0, 0.1) is 5.82 Å². The van der Waals surface area contributed by atoms with Gasteiger partial charge in [-0.05, 0) is 31.5 Å². The van der Waals surface area contributed by atoms with Crippen LogP contribution >= 0.6 is 0 Å². The average Bonchev–Trinajstić information content (AvgIpc) is 2.70. The summed E-state index contributed by atoms with van der Waals surface area (Å²) in [4.78, 5) is 18.0. The van der Waals surface area contributed by atoms with Crippen LogP contribution in [0.2, 0.25) is 0 Å². The molecule has 0 amide bonds. The summed E-state index contributed by atoms with van der Waals surface area (Å²) in [5.41, 5.74) is 0.307. The maximum Gasteiger partial charge on any atom is 0.182 e. The Morgan fingerprint density at radius 2 is 2.25 bits per heavy atom. The Kier molecular flexibility index (Phi) is 5.61. The number of pyridine rings is 1. The molecule has 1 atom stereocenters. The molecule has 0 radical (unpaired) electrons. The number of aliphatic hydroxyl groups is 1. The van der Waals surface area contributed by atoms with Crippen LogP contribution in [0.3, 0.4) is 0 Å². The second kappa shape index (κ2) is 7.45. The fourth-order valence-electron chi connectivity index (χ4n) is 2.65. The molecule has 4 nitrogen and oxygen atoms in total. The number of nitrogens with zero attached hydrogens (tertiary/aromatic N) is 2. The highest BCUT2D eigenvalue weighted by Crippen LogP contribution is 2.17. The van der Waals surface area contributed by atoms with Crippen LogP contribution < -0.4 is 0 Å². The molecule has 1 N–H and O–H groups in total. The normalized spacial score (nSPS) is 20.6. The molecule has 1 fully saturated rings. The minimum atomic E-state index is -0.436. The Morgan fingerprint density at radius 1 is 1.40 bits per heavy atom. The van der Waals surface area contributed by atoms with E-state index in [0.29, 0.717) is 18.7 Å². The predicted molar refractivity (Wildman–Crippen MR) is 74.1 cm³/mol. The van der Waals surface area contributed by atoms with Crippen molar-refractivity contribution in [3.05, 3.63) is 29.8 Å². The molecule has 1 aliphatic heterocycles. The second-order valence-corrected chi connectivity index (χ2v) is 5.26. The maximum atomic E-state index is 12.8. The van der Waals surface area contributed by atoms with Crippen LogP contribution in [0.5, 0.6) is 0 Å². The Balaban J connectivity index is 1.89. The quantitative estimate of drug-likeness (QED) is 0.839. The molecule has 0 bridgehead atoms. The van der Waals surface area contributed by atoms with Gasteiger partial charge in [-0.15, -0.1) is 0 Å². The minimum Gasteiger partial charge on any atom is -0.395 e. The van der Waals surface area contributed by atoms with E-state index in [2.05, 4.69) is 9.88 Å². The van der Waals surface area contributed by atoms with E-state index >= 15 is 0 Å². The smallest absolute Gasteiger partial charge is 0.182 e. The van der Waals surface area contributed by atoms with Gasteiger partial charge in [0.15, 0.2) is 5.78 Å². The third-order valence-electron chi connectivity index (χ3n) is 3.85. The average molecular weight is 280 g/mol. The van der Waals surface area contributed by atoms with E-state index < -0.39 is 5.82 Å². The molecule has 1 saturated heterocycles. The number of Topliss-reactive ketones (excluding diaryl/α,β-unsaturated/α-hetero) is 1. The summed E-state index contributed by atoms with van der Waals surface area (Å²) in [6.07, 6.45) is 5.83. The van der Waals surface area contributed by atoms with Crippen molar-refractivity contribution in [3.63, 3.8) is 0 Å². The molecule has 1 unspecified atom stereocenters. The number of aliphatic hydroxyl groups excluding tert-OH is 1. The van der Waals surface area contributed by atoms with Crippen LogP contribution in [-0.4, -0.2) is 46.5 Å². The van der Waals surface area contributed by atoms with Crippen molar-refractivity contribution in [2.45, 2.75) is 38.1 Å². The van der Waals surface area contributed by atoms with Gasteiger partial charge in [-0.25, -0.2) is 4.39 Å². The first-order valence-corrected chi connectivity index (χ1v) is 7.20. The van der Waals surface area contributed by atoms with Crippen molar-refractivity contribution in [2.75, 3.05) is 19.7 Å². The number of halogens is 1. The highest BCUT2D eigenvalue weighted by atomic mass is 19.1. The molecular weight excluding hydrogens is 259 g/mol. The van der Waals surface area contributed by atoms with Gasteiger partial charge in [0.05, 0.1) is 12.8 Å². The standard InChI is InChI=1S/C15H21FN2O2/c16-12-5-6-14(17-10-12)15(20)7-9-18-8-3-1-2-4-13(18)11-19/h5-6,10,13,19H,1-4,7-9,11H2. The van der Waals surface area contributed by atoms with Crippen LogP contribution in [0.4, 0.5) is 4.39 Å². The van der Waals surface area contributed by atoms with Crippen molar-refractivity contribution in [1.82, 2.24) is 9.88 Å². The molecule has 2 rings (SSSR count). The molecule has 5 heteroatoms. The first kappa shape index (κ1) is 15.1. The lowest BCUT2D eigenvalue weighted by Crippen LogP contribution is -2.38. The van der Waals surface area contributed by atoms with E-state index in [1.54, 1.807) is 0 Å². The van der Waals surface area contributed by atoms with Crippen molar-refractivity contribution in [2.24, 2.45) is 0 Å². The summed E-state index contributed by atoms with van der Waals surface area (Å²) in [7, 11) is 0. The Labute approximate surface area is 118 Å². The number of carbonyl (C=O) groups is 1. The molecule has 2 heterocycles. The van der Waals surface area contributed by atoms with Crippen LogP contribution in [-0.2, 0) is 0 Å². The monoisotopic (exact) mass is 280 g/mol. The summed E-state index contributed by atoms with van der Waals surface area (Å²) >= 11 is 0. The SMILES string of the molecule is O=C(CCN1CCCCCC1CO)c1ccc(F)cn1. The van der Waals surface area contributed by atoms with Gasteiger partial charge >= 0.3 is 0 Å². The Morgan fingerprint density at radius 3 is 2.95 bits per heavy atom. The van der Waals surface area contributed by atoms with Gasteiger partial charge in [0.25, 0.3) is 0 Å². The molecule has 0 saturated carbocycles. The first-order chi connectivity index (χ1) is 9.70. The van der Waals surface area contributed by atoms with Gasteiger partial charge in [-0.1, -0.05) is 12.8 Å². The number of hydrogen-bond acceptors (Lipinski definition) is 4. The van der Waals surface area contributed by atoms with E-state index in [-0.39, 0.29) is 18.4 Å². The lowest BCUT2D eigenvalue weighted by molar-refractivity contribution is 0.0905. The first-order valence-electron chi connectivity index (χ1n) is 7.20. The highest BCUT2D eigenvalue weighted by molar-refractivity contribution is 5.94. The Hall–Kier alpha value is -1.33. The van der Waals surface area contributed by atoms with Gasteiger partial charge in [-0.3, -0.25) is 14.7 Å². The Bertz CT molecular complexity index is 436. The predicted octanol–water partition coefficient (Wildman–Crippen LogP) is 2.03. The van der Waals surface area contributed by atoms with Crippen LogP contribution in [0.15, 0.2) is 18.3 Å². The lowest BCUT2D eigenvalue weighted by atomic mass is 10.1. The molecule has 0 spiro atoms. The zero-order valence-electron chi connectivity index (χ0n) is 11.6. The van der Waals surface area contributed by atoms with E-state index in [4.69, 9.17) is 0 Å². The number of carbonyl (C=O) groups excluding carboxylic acids is 1. The van der Waals surface area contributed by atoms with Crippen LogP contribution in [0.25, 0.3) is 0 Å². The largest absolute Gasteiger partial charge is 0.395 e. The summed E-state index contributed by atoms with van der Waals surface area (Å²) in [5, 5.41) is 9.42. The number of ketones is 1. The topological polar surface area (TPSA) is 53.4 Å². The van der Waals surface area contributed by atoms with Crippen molar-refractivity contribution >= 4 is 5.78 Å². The molecular formula is C15H21FN2O2. The van der Waals surface area contributed by atoms with Crippen LogP contribution in [0.1, 0.15) is 42.6 Å². The molecule has 1 aliphatic rings. The zero-order chi connectivity index (χ0) is 14.4. The number of rotatable bonds is 5. The third kappa shape index (κ3) is 4.08. The number of hydrogen-bond donors (Lipinski definition) is 1. The lowest BCUT2D eigenvalue weighted by Gasteiger charge is -2.27. The van der Waals surface area contributed by atoms with Crippen molar-refractivity contribution in [1.29, 1.82) is 0 Å². The molecule has 0 aromatic carbocycles. The summed E-state index contributed by atoms with van der Waals surface area (Å²) in [6, 6.07) is 2.83. The van der Waals surface area contributed by atoms with Crippen molar-refractivity contribution < 1.29 is 14.3 Å². The highest BCUT2D eigenvalue weighted by Gasteiger charge is 2.21. The summed E-state index contributed by atoms with van der Waals surface area (Å²) in [5.74, 6) is -0.514. The fourth-order valence-corrected chi connectivity index (χ4v) is 2.65. The molecule has 0 aliphatic carbocycles. The molecule has 1 aromatic rings. The van der Waals surface area contributed by atoms with E-state index in [1.807, 2.05) is 0 Å². The van der Waals surface area contributed by atoms with Gasteiger partial charge in [-0.2, -0.15) is 0 Å². The maximum absolute atomic E-state index is 12.8.